The number of aromatic nitrogens is 1. The zero-order valence-corrected chi connectivity index (χ0v) is 27.9. The highest BCUT2D eigenvalue weighted by molar-refractivity contribution is 7.13. The molecule has 46 heavy (non-hydrogen) atoms. The SMILES string of the molecule is Cc1ccc(CNC(=O)[C@@H](CC(=O)[C@@H](NC(=O)c2cnc(C)s2)[C@@H](C)O)Cc2cccc(N(C)C(=O)C(C#N)=CC(C)C)c2)cc1. The molecule has 0 aliphatic rings. The molecule has 242 valence electrons. The van der Waals surface area contributed by atoms with E-state index in [1.54, 1.807) is 44.3 Å². The number of hydrogen-bond donors (Lipinski definition) is 3. The second-order valence-corrected chi connectivity index (χ2v) is 12.9. The summed E-state index contributed by atoms with van der Waals surface area (Å²) in [4.78, 5) is 58.8. The summed E-state index contributed by atoms with van der Waals surface area (Å²) in [6.45, 7) is 9.15. The summed E-state index contributed by atoms with van der Waals surface area (Å²) in [7, 11) is 1.57. The number of amides is 3. The van der Waals surface area contributed by atoms with Gasteiger partial charge in [0.1, 0.15) is 22.6 Å². The molecule has 0 aliphatic heterocycles. The fourth-order valence-corrected chi connectivity index (χ4v) is 5.46. The lowest BCUT2D eigenvalue weighted by atomic mass is 9.90. The number of aliphatic hydroxyl groups is 1. The van der Waals surface area contributed by atoms with E-state index >= 15 is 0 Å². The molecular formula is C35H41N5O5S. The molecule has 11 heteroatoms. The van der Waals surface area contributed by atoms with Crippen molar-refractivity contribution in [2.75, 3.05) is 11.9 Å². The summed E-state index contributed by atoms with van der Waals surface area (Å²) in [5, 5.41) is 26.2. The first kappa shape index (κ1) is 35.8. The third-order valence-electron chi connectivity index (χ3n) is 7.30. The normalized spacial score (nSPS) is 13.3. The van der Waals surface area contributed by atoms with Gasteiger partial charge in [-0.2, -0.15) is 5.26 Å². The Balaban J connectivity index is 1.85. The van der Waals surface area contributed by atoms with Gasteiger partial charge in [-0.05, 0) is 56.4 Å². The molecule has 3 amide bonds. The van der Waals surface area contributed by atoms with Gasteiger partial charge in [0.25, 0.3) is 11.8 Å². The largest absolute Gasteiger partial charge is 0.391 e. The number of benzene rings is 2. The number of ketones is 1. The summed E-state index contributed by atoms with van der Waals surface area (Å²) in [5.41, 5.74) is 3.21. The van der Waals surface area contributed by atoms with Crippen LogP contribution in [0.4, 0.5) is 5.69 Å². The Morgan fingerprint density at radius 3 is 2.35 bits per heavy atom. The second-order valence-electron chi connectivity index (χ2n) is 11.7. The number of rotatable bonds is 14. The number of aliphatic hydroxyl groups excluding tert-OH is 1. The number of nitrogens with one attached hydrogen (secondary N) is 2. The van der Waals surface area contributed by atoms with Crippen molar-refractivity contribution in [3.8, 4) is 6.07 Å². The number of nitrogens with zero attached hydrogens (tertiary/aromatic N) is 3. The molecule has 0 radical (unpaired) electrons. The van der Waals surface area contributed by atoms with Gasteiger partial charge in [-0.25, -0.2) is 4.98 Å². The van der Waals surface area contributed by atoms with E-state index in [4.69, 9.17) is 0 Å². The van der Waals surface area contributed by atoms with E-state index in [2.05, 4.69) is 15.6 Å². The number of likely N-dealkylation sites (N-methyl/N-ethyl adjacent to an activating group) is 1. The van der Waals surface area contributed by atoms with E-state index in [-0.39, 0.29) is 36.8 Å². The maximum atomic E-state index is 13.6. The summed E-state index contributed by atoms with van der Waals surface area (Å²) >= 11 is 1.17. The molecule has 1 heterocycles. The third kappa shape index (κ3) is 10.2. The molecule has 3 rings (SSSR count). The molecule has 0 spiro atoms. The smallest absolute Gasteiger partial charge is 0.268 e. The summed E-state index contributed by atoms with van der Waals surface area (Å²) in [5.74, 6) is -2.70. The first-order valence-corrected chi connectivity index (χ1v) is 15.9. The topological polar surface area (TPSA) is 152 Å². The van der Waals surface area contributed by atoms with E-state index in [0.29, 0.717) is 21.1 Å². The lowest BCUT2D eigenvalue weighted by Gasteiger charge is -2.23. The minimum absolute atomic E-state index is 0.0105. The van der Waals surface area contributed by atoms with Crippen LogP contribution in [0, 0.1) is 37.0 Å². The van der Waals surface area contributed by atoms with Gasteiger partial charge < -0.3 is 20.6 Å². The first-order chi connectivity index (χ1) is 21.8. The van der Waals surface area contributed by atoms with Crippen LogP contribution in [-0.2, 0) is 27.3 Å². The van der Waals surface area contributed by atoms with Crippen molar-refractivity contribution in [3.05, 3.63) is 93.0 Å². The van der Waals surface area contributed by atoms with Crippen LogP contribution in [0.25, 0.3) is 0 Å². The van der Waals surface area contributed by atoms with E-state index in [1.807, 2.05) is 51.1 Å². The van der Waals surface area contributed by atoms with Crippen LogP contribution in [0.5, 0.6) is 0 Å². The molecule has 10 nitrogen and oxygen atoms in total. The second kappa shape index (κ2) is 16.6. The molecule has 0 fully saturated rings. The zero-order valence-electron chi connectivity index (χ0n) is 27.0. The Hall–Kier alpha value is -4.66. The first-order valence-electron chi connectivity index (χ1n) is 15.0. The molecule has 0 saturated heterocycles. The van der Waals surface area contributed by atoms with Crippen LogP contribution >= 0.6 is 11.3 Å². The number of carbonyl (C=O) groups is 4. The Labute approximate surface area is 274 Å². The number of allylic oxidation sites excluding steroid dienone is 1. The van der Waals surface area contributed by atoms with Crippen molar-refractivity contribution in [3.63, 3.8) is 0 Å². The van der Waals surface area contributed by atoms with Crippen LogP contribution in [0.3, 0.4) is 0 Å². The van der Waals surface area contributed by atoms with Crippen molar-refractivity contribution in [2.45, 2.75) is 66.2 Å². The highest BCUT2D eigenvalue weighted by Crippen LogP contribution is 2.22. The summed E-state index contributed by atoms with van der Waals surface area (Å²) < 4.78 is 0. The van der Waals surface area contributed by atoms with Crippen LogP contribution in [0.1, 0.15) is 58.6 Å². The van der Waals surface area contributed by atoms with Crippen LogP contribution < -0.4 is 15.5 Å². The van der Waals surface area contributed by atoms with Gasteiger partial charge in [-0.15, -0.1) is 11.3 Å². The number of carbonyl (C=O) groups excluding carboxylic acids is 4. The fraction of sp³-hybridized carbons (Fsp3) is 0.371. The third-order valence-corrected chi connectivity index (χ3v) is 8.21. The highest BCUT2D eigenvalue weighted by Gasteiger charge is 2.31. The Morgan fingerprint density at radius 2 is 1.76 bits per heavy atom. The number of aryl methyl sites for hydroxylation is 2. The Bertz CT molecular complexity index is 1620. The zero-order chi connectivity index (χ0) is 34.0. The van der Waals surface area contributed by atoms with Gasteiger partial charge in [0.15, 0.2) is 5.78 Å². The quantitative estimate of drug-likeness (QED) is 0.173. The minimum Gasteiger partial charge on any atom is -0.391 e. The van der Waals surface area contributed by atoms with Gasteiger partial charge in [-0.3, -0.25) is 19.2 Å². The highest BCUT2D eigenvalue weighted by atomic mass is 32.1. The number of hydrogen-bond acceptors (Lipinski definition) is 8. The van der Waals surface area contributed by atoms with Crippen LogP contribution in [0.15, 0.2) is 66.4 Å². The average Bonchev–Trinajstić information content (AvgIpc) is 3.47. The summed E-state index contributed by atoms with van der Waals surface area (Å²) in [6.07, 6.45) is 1.69. The Morgan fingerprint density at radius 1 is 1.07 bits per heavy atom. The van der Waals surface area contributed by atoms with Crippen molar-refractivity contribution < 1.29 is 24.3 Å². The van der Waals surface area contributed by atoms with Gasteiger partial charge in [0.2, 0.25) is 5.91 Å². The van der Waals surface area contributed by atoms with Gasteiger partial charge in [0, 0.05) is 31.6 Å². The molecule has 3 atom stereocenters. The predicted octanol–water partition coefficient (Wildman–Crippen LogP) is 4.44. The molecule has 2 aromatic carbocycles. The lowest BCUT2D eigenvalue weighted by molar-refractivity contribution is -0.131. The maximum absolute atomic E-state index is 13.6. The molecule has 0 saturated carbocycles. The lowest BCUT2D eigenvalue weighted by Crippen LogP contribution is -2.48. The van der Waals surface area contributed by atoms with Crippen LogP contribution in [-0.4, -0.2) is 52.8 Å². The van der Waals surface area contributed by atoms with Crippen molar-refractivity contribution in [1.82, 2.24) is 15.6 Å². The average molecular weight is 644 g/mol. The number of anilines is 1. The van der Waals surface area contributed by atoms with Crippen molar-refractivity contribution >= 4 is 40.5 Å². The molecule has 1 aromatic heterocycles. The molecule has 3 aromatic rings. The van der Waals surface area contributed by atoms with Gasteiger partial charge in [-0.1, -0.05) is 61.9 Å². The molecular weight excluding hydrogens is 602 g/mol. The van der Waals surface area contributed by atoms with Gasteiger partial charge in [0.05, 0.1) is 17.3 Å². The number of Topliss-reactive ketones (excluding diaryl/α,β-unsaturated/α-hetero) is 1. The fourth-order valence-electron chi connectivity index (χ4n) is 4.78. The Kier molecular flexibility index (Phi) is 12.9. The maximum Gasteiger partial charge on any atom is 0.268 e. The van der Waals surface area contributed by atoms with Crippen molar-refractivity contribution in [2.24, 2.45) is 11.8 Å². The minimum atomic E-state index is -1.24. The number of nitriles is 1. The van der Waals surface area contributed by atoms with Crippen LogP contribution in [0.2, 0.25) is 0 Å². The monoisotopic (exact) mass is 643 g/mol. The van der Waals surface area contributed by atoms with E-state index in [1.165, 1.54) is 29.4 Å². The molecule has 0 unspecified atom stereocenters. The van der Waals surface area contributed by atoms with Gasteiger partial charge >= 0.3 is 0 Å². The van der Waals surface area contributed by atoms with Crippen molar-refractivity contribution in [1.29, 1.82) is 5.26 Å². The van der Waals surface area contributed by atoms with E-state index < -0.39 is 35.7 Å². The molecule has 0 aliphatic carbocycles. The molecule has 0 bridgehead atoms. The standard InChI is InChI=1S/C35H41N5O5S/c1-21(2)14-28(18-36)35(45)40(6)29-9-7-8-26(16-29)15-27(33(43)38-19-25-12-10-22(3)11-13-25)17-30(42)32(23(4)41)39-34(44)31-20-37-24(5)46-31/h7-14,16,20-21,23,27,32,41H,15,17,19H2,1-6H3,(H,38,43)(H,39,44)/t23-,27-,32+/m1/s1. The summed E-state index contributed by atoms with van der Waals surface area (Å²) in [6, 6.07) is 15.4. The number of thiazole rings is 1. The van der Waals surface area contributed by atoms with E-state index in [0.717, 1.165) is 11.1 Å². The molecule has 3 N–H and O–H groups in total. The van der Waals surface area contributed by atoms with E-state index in [9.17, 15) is 29.5 Å². The predicted molar refractivity (Wildman–Crippen MR) is 178 cm³/mol.